The van der Waals surface area contributed by atoms with Gasteiger partial charge in [-0.2, -0.15) is 0 Å². The SMILES string of the molecule is Cc1cc(OC2CC(n3ccc4c(C)ccnc43)[C@H](O)[C@@H]2O)c2c(c1F)CCNC2. The van der Waals surface area contributed by atoms with Crippen LogP contribution in [0, 0.1) is 19.7 Å². The van der Waals surface area contributed by atoms with Crippen LogP contribution in [0.15, 0.2) is 30.6 Å². The molecule has 158 valence electrons. The number of aliphatic hydroxyl groups is 2. The summed E-state index contributed by atoms with van der Waals surface area (Å²) in [5.41, 5.74) is 3.92. The van der Waals surface area contributed by atoms with Crippen LogP contribution in [0.4, 0.5) is 4.39 Å². The van der Waals surface area contributed by atoms with Gasteiger partial charge in [-0.15, -0.1) is 0 Å². The van der Waals surface area contributed by atoms with Gasteiger partial charge >= 0.3 is 0 Å². The Kier molecular flexibility index (Phi) is 4.76. The lowest BCUT2D eigenvalue weighted by molar-refractivity contribution is -0.0166. The van der Waals surface area contributed by atoms with Gasteiger partial charge in [-0.25, -0.2) is 9.37 Å². The number of nitrogens with zero attached hydrogens (tertiary/aromatic N) is 2. The van der Waals surface area contributed by atoms with Gasteiger partial charge in [-0.05, 0) is 61.7 Å². The van der Waals surface area contributed by atoms with Crippen molar-refractivity contribution in [1.82, 2.24) is 14.9 Å². The largest absolute Gasteiger partial charge is 0.487 e. The van der Waals surface area contributed by atoms with Crippen molar-refractivity contribution < 1.29 is 19.3 Å². The Morgan fingerprint density at radius 2 is 2.00 bits per heavy atom. The number of aromatic nitrogens is 2. The van der Waals surface area contributed by atoms with E-state index in [1.807, 2.05) is 29.8 Å². The number of benzene rings is 1. The minimum Gasteiger partial charge on any atom is -0.487 e. The molecule has 2 aromatic heterocycles. The third-order valence-electron chi connectivity index (χ3n) is 6.54. The van der Waals surface area contributed by atoms with Crippen LogP contribution in [0.25, 0.3) is 11.0 Å². The van der Waals surface area contributed by atoms with Crippen LogP contribution in [-0.4, -0.2) is 44.6 Å². The van der Waals surface area contributed by atoms with Gasteiger partial charge in [-0.1, -0.05) is 0 Å². The monoisotopic (exact) mass is 411 g/mol. The zero-order valence-corrected chi connectivity index (χ0v) is 17.1. The molecule has 0 saturated heterocycles. The molecule has 2 unspecified atom stereocenters. The number of halogens is 1. The minimum atomic E-state index is -1.05. The minimum absolute atomic E-state index is 0.177. The fraction of sp³-hybridized carbons (Fsp3) is 0.435. The standard InChI is InChI=1S/C23H26FN3O3/c1-12-3-7-26-23-14(12)5-8-27(23)17-10-19(22(29)21(17)28)30-18-9-13(2)20(24)15-4-6-25-11-16(15)18/h3,5,7-9,17,19,21-22,25,28-29H,4,6,10-11H2,1-2H3/t17?,19?,21-,22+/m0/s1. The first-order valence-corrected chi connectivity index (χ1v) is 10.4. The number of pyridine rings is 1. The maximum Gasteiger partial charge on any atom is 0.140 e. The maximum absolute atomic E-state index is 14.6. The van der Waals surface area contributed by atoms with Crippen molar-refractivity contribution in [2.75, 3.05) is 6.54 Å². The van der Waals surface area contributed by atoms with Crippen molar-refractivity contribution in [1.29, 1.82) is 0 Å². The molecule has 3 heterocycles. The molecule has 7 heteroatoms. The summed E-state index contributed by atoms with van der Waals surface area (Å²) >= 11 is 0. The van der Waals surface area contributed by atoms with Crippen molar-refractivity contribution >= 4 is 11.0 Å². The van der Waals surface area contributed by atoms with Crippen LogP contribution in [0.1, 0.15) is 34.7 Å². The molecule has 30 heavy (non-hydrogen) atoms. The lowest BCUT2D eigenvalue weighted by atomic mass is 9.96. The van der Waals surface area contributed by atoms with Crippen LogP contribution < -0.4 is 10.1 Å². The zero-order valence-electron chi connectivity index (χ0n) is 17.1. The van der Waals surface area contributed by atoms with Crippen LogP contribution in [0.2, 0.25) is 0 Å². The molecule has 0 radical (unpaired) electrons. The van der Waals surface area contributed by atoms with E-state index in [-0.39, 0.29) is 11.9 Å². The van der Waals surface area contributed by atoms with E-state index in [4.69, 9.17) is 4.74 Å². The van der Waals surface area contributed by atoms with E-state index in [2.05, 4.69) is 10.3 Å². The normalized spacial score (nSPS) is 26.2. The highest BCUT2D eigenvalue weighted by Gasteiger charge is 2.44. The molecule has 4 atom stereocenters. The summed E-state index contributed by atoms with van der Waals surface area (Å²) in [4.78, 5) is 4.47. The summed E-state index contributed by atoms with van der Waals surface area (Å²) in [7, 11) is 0. The van der Waals surface area contributed by atoms with E-state index in [1.165, 1.54) is 0 Å². The Bertz CT molecular complexity index is 1110. The second-order valence-corrected chi connectivity index (χ2v) is 8.42. The molecule has 6 nitrogen and oxygen atoms in total. The molecule has 1 aliphatic carbocycles. The number of aliphatic hydroxyl groups excluding tert-OH is 2. The predicted molar refractivity (Wildman–Crippen MR) is 111 cm³/mol. The van der Waals surface area contributed by atoms with Gasteiger partial charge in [0, 0.05) is 36.3 Å². The van der Waals surface area contributed by atoms with Crippen molar-refractivity contribution in [3.05, 3.63) is 58.7 Å². The summed E-state index contributed by atoms with van der Waals surface area (Å²) in [6, 6.07) is 5.28. The van der Waals surface area contributed by atoms with Crippen molar-refractivity contribution in [2.45, 2.75) is 57.6 Å². The van der Waals surface area contributed by atoms with Crippen LogP contribution >= 0.6 is 0 Å². The van der Waals surface area contributed by atoms with Gasteiger partial charge in [0.15, 0.2) is 0 Å². The number of hydrogen-bond acceptors (Lipinski definition) is 5. The predicted octanol–water partition coefficient (Wildman–Crippen LogP) is 2.55. The maximum atomic E-state index is 14.6. The van der Waals surface area contributed by atoms with Crippen molar-refractivity contribution in [3.63, 3.8) is 0 Å². The Morgan fingerprint density at radius 3 is 2.83 bits per heavy atom. The molecule has 1 saturated carbocycles. The number of fused-ring (bicyclic) bond motifs is 2. The number of nitrogens with one attached hydrogen (secondary N) is 1. The highest BCUT2D eigenvalue weighted by Crippen LogP contribution is 2.38. The van der Waals surface area contributed by atoms with Gasteiger partial charge in [-0.3, -0.25) is 0 Å². The number of aryl methyl sites for hydroxylation is 2. The molecule has 1 fully saturated rings. The van der Waals surface area contributed by atoms with E-state index < -0.39 is 18.3 Å². The smallest absolute Gasteiger partial charge is 0.140 e. The Labute approximate surface area is 174 Å². The summed E-state index contributed by atoms with van der Waals surface area (Å²) in [5.74, 6) is 0.406. The first-order chi connectivity index (χ1) is 14.5. The summed E-state index contributed by atoms with van der Waals surface area (Å²) < 4.78 is 22.7. The molecular weight excluding hydrogens is 385 g/mol. The number of hydrogen-bond donors (Lipinski definition) is 3. The van der Waals surface area contributed by atoms with Gasteiger partial charge < -0.3 is 24.8 Å². The molecule has 1 aromatic carbocycles. The van der Waals surface area contributed by atoms with E-state index >= 15 is 0 Å². The first-order valence-electron chi connectivity index (χ1n) is 10.4. The molecule has 0 amide bonds. The van der Waals surface area contributed by atoms with Gasteiger partial charge in [0.2, 0.25) is 0 Å². The fourth-order valence-corrected chi connectivity index (χ4v) is 4.84. The summed E-state index contributed by atoms with van der Waals surface area (Å²) in [6.07, 6.45) is 2.07. The highest BCUT2D eigenvalue weighted by molar-refractivity contribution is 5.79. The van der Waals surface area contributed by atoms with Crippen LogP contribution in [0.3, 0.4) is 0 Å². The van der Waals surface area contributed by atoms with Crippen LogP contribution in [0.5, 0.6) is 5.75 Å². The molecule has 0 spiro atoms. The zero-order chi connectivity index (χ0) is 21.0. The quantitative estimate of drug-likeness (QED) is 0.617. The van der Waals surface area contributed by atoms with E-state index in [9.17, 15) is 14.6 Å². The highest BCUT2D eigenvalue weighted by atomic mass is 19.1. The van der Waals surface area contributed by atoms with Crippen LogP contribution in [-0.2, 0) is 13.0 Å². The molecule has 2 aliphatic rings. The third kappa shape index (κ3) is 3.00. The number of rotatable bonds is 3. The third-order valence-corrected chi connectivity index (χ3v) is 6.54. The number of ether oxygens (including phenoxy) is 1. The summed E-state index contributed by atoms with van der Waals surface area (Å²) in [5, 5.41) is 25.8. The van der Waals surface area contributed by atoms with Gasteiger partial charge in [0.1, 0.15) is 35.5 Å². The average molecular weight is 411 g/mol. The lowest BCUT2D eigenvalue weighted by Gasteiger charge is -2.25. The van der Waals surface area contributed by atoms with E-state index in [1.54, 1.807) is 19.2 Å². The molecular formula is C23H26FN3O3. The first kappa shape index (κ1) is 19.5. The van der Waals surface area contributed by atoms with Gasteiger partial charge in [0.25, 0.3) is 0 Å². The van der Waals surface area contributed by atoms with Crippen molar-refractivity contribution in [2.24, 2.45) is 0 Å². The second kappa shape index (κ2) is 7.34. The average Bonchev–Trinajstić information content (AvgIpc) is 3.29. The Balaban J connectivity index is 1.46. The molecule has 1 aliphatic heterocycles. The molecule has 3 N–H and O–H groups in total. The molecule has 5 rings (SSSR count). The summed E-state index contributed by atoms with van der Waals surface area (Å²) in [6.45, 7) is 5.01. The van der Waals surface area contributed by atoms with E-state index in [0.29, 0.717) is 36.3 Å². The topological polar surface area (TPSA) is 79.5 Å². The van der Waals surface area contributed by atoms with Crippen molar-refractivity contribution in [3.8, 4) is 5.75 Å². The van der Waals surface area contributed by atoms with E-state index in [0.717, 1.165) is 28.7 Å². The Hall–Kier alpha value is -2.48. The molecule has 3 aromatic rings. The lowest BCUT2D eigenvalue weighted by Crippen LogP contribution is -2.35. The van der Waals surface area contributed by atoms with Gasteiger partial charge in [0.05, 0.1) is 6.04 Å². The Morgan fingerprint density at radius 1 is 1.17 bits per heavy atom. The second-order valence-electron chi connectivity index (χ2n) is 8.42. The fourth-order valence-electron chi connectivity index (χ4n) is 4.84. The molecule has 0 bridgehead atoms.